The molecule has 0 bridgehead atoms. The summed E-state index contributed by atoms with van der Waals surface area (Å²) in [6.07, 6.45) is 3.42. The Morgan fingerprint density at radius 2 is 2.35 bits per heavy atom. The Kier molecular flexibility index (Phi) is 3.09. The van der Waals surface area contributed by atoms with E-state index in [0.29, 0.717) is 17.8 Å². The summed E-state index contributed by atoms with van der Waals surface area (Å²) >= 11 is 0. The number of H-pyrrole nitrogens is 1. The number of aryl methyl sites for hydroxylation is 1. The maximum atomic E-state index is 11.9. The molecular weight excluding hydrogens is 216 g/mol. The van der Waals surface area contributed by atoms with Crippen molar-refractivity contribution in [1.29, 1.82) is 0 Å². The lowest BCUT2D eigenvalue weighted by atomic mass is 10.1. The second-order valence-electron chi connectivity index (χ2n) is 3.86. The predicted molar refractivity (Wildman–Crippen MR) is 65.3 cm³/mol. The van der Waals surface area contributed by atoms with E-state index in [4.69, 9.17) is 5.73 Å². The van der Waals surface area contributed by atoms with Crippen LogP contribution in [0.15, 0.2) is 30.6 Å². The van der Waals surface area contributed by atoms with Crippen molar-refractivity contribution in [2.24, 2.45) is 0 Å². The van der Waals surface area contributed by atoms with E-state index >= 15 is 0 Å². The highest BCUT2D eigenvalue weighted by Gasteiger charge is 2.08. The Hall–Kier alpha value is -2.30. The van der Waals surface area contributed by atoms with Gasteiger partial charge < -0.3 is 11.1 Å². The van der Waals surface area contributed by atoms with Gasteiger partial charge in [0.15, 0.2) is 0 Å². The van der Waals surface area contributed by atoms with Gasteiger partial charge in [-0.15, -0.1) is 0 Å². The number of amides is 1. The molecule has 1 aromatic heterocycles. The average Bonchev–Trinajstić information content (AvgIpc) is 2.78. The molecule has 0 unspecified atom stereocenters. The van der Waals surface area contributed by atoms with E-state index in [0.717, 1.165) is 11.1 Å². The first-order valence-corrected chi connectivity index (χ1v) is 5.29. The first kappa shape index (κ1) is 11.2. The molecular formula is C12H14N4O. The summed E-state index contributed by atoms with van der Waals surface area (Å²) in [7, 11) is 0. The van der Waals surface area contributed by atoms with E-state index in [2.05, 4.69) is 15.5 Å². The van der Waals surface area contributed by atoms with Gasteiger partial charge in [-0.1, -0.05) is 0 Å². The van der Waals surface area contributed by atoms with Gasteiger partial charge in [0.05, 0.1) is 6.20 Å². The lowest BCUT2D eigenvalue weighted by Gasteiger charge is -2.07. The van der Waals surface area contributed by atoms with Crippen molar-refractivity contribution < 1.29 is 4.79 Å². The predicted octanol–water partition coefficient (Wildman–Crippen LogP) is 1.23. The standard InChI is InChI=1S/C12H14N4O/c1-8-4-10(13)2-3-11(8)12(17)14-5-9-6-15-16-7-9/h2-4,6-7H,5,13H2,1H3,(H,14,17)(H,15,16). The molecule has 1 aromatic carbocycles. The van der Waals surface area contributed by atoms with Gasteiger partial charge in [-0.25, -0.2) is 0 Å². The quantitative estimate of drug-likeness (QED) is 0.693. The topological polar surface area (TPSA) is 83.8 Å². The molecule has 4 N–H and O–H groups in total. The van der Waals surface area contributed by atoms with E-state index in [1.807, 2.05) is 6.92 Å². The number of anilines is 1. The van der Waals surface area contributed by atoms with Crippen LogP contribution in [0.25, 0.3) is 0 Å². The second kappa shape index (κ2) is 4.69. The molecule has 5 nitrogen and oxygen atoms in total. The molecule has 2 aromatic rings. The Morgan fingerprint density at radius 1 is 1.53 bits per heavy atom. The lowest BCUT2D eigenvalue weighted by Crippen LogP contribution is -2.23. The van der Waals surface area contributed by atoms with E-state index in [-0.39, 0.29) is 5.91 Å². The van der Waals surface area contributed by atoms with Crippen LogP contribution in [0.2, 0.25) is 0 Å². The summed E-state index contributed by atoms with van der Waals surface area (Å²) in [6, 6.07) is 5.24. The SMILES string of the molecule is Cc1cc(N)ccc1C(=O)NCc1cn[nH]c1. The maximum Gasteiger partial charge on any atom is 0.251 e. The average molecular weight is 230 g/mol. The molecule has 0 aliphatic heterocycles. The van der Waals surface area contributed by atoms with Crippen molar-refractivity contribution in [3.8, 4) is 0 Å². The first-order chi connectivity index (χ1) is 8.16. The summed E-state index contributed by atoms with van der Waals surface area (Å²) in [6.45, 7) is 2.32. The van der Waals surface area contributed by atoms with Crippen molar-refractivity contribution in [1.82, 2.24) is 15.5 Å². The Balaban J connectivity index is 2.04. The third-order valence-electron chi connectivity index (χ3n) is 2.50. The summed E-state index contributed by atoms with van der Waals surface area (Å²) in [5, 5.41) is 9.33. The first-order valence-electron chi connectivity index (χ1n) is 5.29. The monoisotopic (exact) mass is 230 g/mol. The number of nitrogen functional groups attached to an aromatic ring is 1. The van der Waals surface area contributed by atoms with Crippen LogP contribution in [-0.2, 0) is 6.54 Å². The van der Waals surface area contributed by atoms with Gasteiger partial charge in [0.2, 0.25) is 0 Å². The van der Waals surface area contributed by atoms with Crippen LogP contribution in [-0.4, -0.2) is 16.1 Å². The summed E-state index contributed by atoms with van der Waals surface area (Å²) in [5.41, 5.74) is 8.74. The molecule has 0 atom stereocenters. The normalized spacial score (nSPS) is 10.2. The Labute approximate surface area is 99.0 Å². The van der Waals surface area contributed by atoms with E-state index in [1.165, 1.54) is 0 Å². The molecule has 5 heteroatoms. The fourth-order valence-corrected chi connectivity index (χ4v) is 1.59. The number of hydrogen-bond donors (Lipinski definition) is 3. The molecule has 1 amide bonds. The van der Waals surface area contributed by atoms with E-state index in [9.17, 15) is 4.79 Å². The van der Waals surface area contributed by atoms with Gasteiger partial charge >= 0.3 is 0 Å². The van der Waals surface area contributed by atoms with Crippen LogP contribution in [0.1, 0.15) is 21.5 Å². The summed E-state index contributed by atoms with van der Waals surface area (Å²) in [5.74, 6) is -0.108. The van der Waals surface area contributed by atoms with Crippen molar-refractivity contribution in [2.75, 3.05) is 5.73 Å². The highest BCUT2D eigenvalue weighted by atomic mass is 16.1. The number of benzene rings is 1. The molecule has 0 saturated carbocycles. The number of hydrogen-bond acceptors (Lipinski definition) is 3. The van der Waals surface area contributed by atoms with Crippen LogP contribution in [0, 0.1) is 6.92 Å². The minimum atomic E-state index is -0.108. The molecule has 0 aliphatic rings. The highest BCUT2D eigenvalue weighted by molar-refractivity contribution is 5.95. The molecule has 17 heavy (non-hydrogen) atoms. The second-order valence-corrected chi connectivity index (χ2v) is 3.86. The van der Waals surface area contributed by atoms with Crippen molar-refractivity contribution >= 4 is 11.6 Å². The van der Waals surface area contributed by atoms with Gasteiger partial charge in [0.1, 0.15) is 0 Å². The Bertz CT molecular complexity index is 519. The number of rotatable bonds is 3. The minimum Gasteiger partial charge on any atom is -0.399 e. The fourth-order valence-electron chi connectivity index (χ4n) is 1.59. The van der Waals surface area contributed by atoms with Crippen LogP contribution in [0.5, 0.6) is 0 Å². The lowest BCUT2D eigenvalue weighted by molar-refractivity contribution is 0.0950. The van der Waals surface area contributed by atoms with Crippen molar-refractivity contribution in [2.45, 2.75) is 13.5 Å². The van der Waals surface area contributed by atoms with Gasteiger partial charge in [-0.2, -0.15) is 5.10 Å². The highest BCUT2D eigenvalue weighted by Crippen LogP contribution is 2.12. The largest absolute Gasteiger partial charge is 0.399 e. The van der Waals surface area contributed by atoms with Crippen molar-refractivity contribution in [3.05, 3.63) is 47.3 Å². The third kappa shape index (κ3) is 2.63. The zero-order valence-corrected chi connectivity index (χ0v) is 9.53. The Morgan fingerprint density at radius 3 is 3.00 bits per heavy atom. The van der Waals surface area contributed by atoms with Crippen LogP contribution in [0.3, 0.4) is 0 Å². The van der Waals surface area contributed by atoms with Gasteiger partial charge in [-0.05, 0) is 30.7 Å². The van der Waals surface area contributed by atoms with E-state index < -0.39 is 0 Å². The fraction of sp³-hybridized carbons (Fsp3) is 0.167. The smallest absolute Gasteiger partial charge is 0.251 e. The summed E-state index contributed by atoms with van der Waals surface area (Å²) in [4.78, 5) is 11.9. The number of aromatic nitrogens is 2. The number of nitrogens with two attached hydrogens (primary N) is 1. The van der Waals surface area contributed by atoms with Gasteiger partial charge in [-0.3, -0.25) is 9.89 Å². The number of carbonyl (C=O) groups is 1. The minimum absolute atomic E-state index is 0.108. The zero-order chi connectivity index (χ0) is 12.3. The summed E-state index contributed by atoms with van der Waals surface area (Å²) < 4.78 is 0. The molecule has 88 valence electrons. The molecule has 0 fully saturated rings. The van der Waals surface area contributed by atoms with Crippen LogP contribution in [0.4, 0.5) is 5.69 Å². The number of carbonyl (C=O) groups excluding carboxylic acids is 1. The van der Waals surface area contributed by atoms with Crippen molar-refractivity contribution in [3.63, 3.8) is 0 Å². The molecule has 0 aliphatic carbocycles. The van der Waals surface area contributed by atoms with Crippen LogP contribution < -0.4 is 11.1 Å². The molecule has 0 radical (unpaired) electrons. The number of aromatic amines is 1. The molecule has 0 saturated heterocycles. The van der Waals surface area contributed by atoms with E-state index in [1.54, 1.807) is 30.6 Å². The maximum absolute atomic E-state index is 11.9. The van der Waals surface area contributed by atoms with Gasteiger partial charge in [0, 0.05) is 29.6 Å². The zero-order valence-electron chi connectivity index (χ0n) is 9.53. The van der Waals surface area contributed by atoms with Crippen LogP contribution >= 0.6 is 0 Å². The van der Waals surface area contributed by atoms with Gasteiger partial charge in [0.25, 0.3) is 5.91 Å². The number of nitrogens with zero attached hydrogens (tertiary/aromatic N) is 1. The molecule has 1 heterocycles. The molecule has 2 rings (SSSR count). The third-order valence-corrected chi connectivity index (χ3v) is 2.50. The number of nitrogens with one attached hydrogen (secondary N) is 2. The molecule has 0 spiro atoms.